The first-order chi connectivity index (χ1) is 23.8. The highest BCUT2D eigenvalue weighted by atomic mass is 16.5. The van der Waals surface area contributed by atoms with Crippen LogP contribution in [0.2, 0.25) is 0 Å². The molecule has 48 heavy (non-hydrogen) atoms. The van der Waals surface area contributed by atoms with Crippen molar-refractivity contribution in [3.63, 3.8) is 0 Å². The first-order valence-corrected chi connectivity index (χ1v) is 16.7. The first-order valence-electron chi connectivity index (χ1n) is 16.7. The van der Waals surface area contributed by atoms with Gasteiger partial charge in [0.2, 0.25) is 0 Å². The van der Waals surface area contributed by atoms with Crippen molar-refractivity contribution in [2.75, 3.05) is 0 Å². The average molecular weight is 609 g/mol. The second-order valence-corrected chi connectivity index (χ2v) is 13.1. The van der Waals surface area contributed by atoms with Crippen LogP contribution in [-0.4, -0.2) is 0 Å². The summed E-state index contributed by atoms with van der Waals surface area (Å²) in [7, 11) is 0. The van der Waals surface area contributed by atoms with Crippen LogP contribution < -0.4 is 4.74 Å². The highest BCUT2D eigenvalue weighted by Crippen LogP contribution is 2.64. The van der Waals surface area contributed by atoms with E-state index in [2.05, 4.69) is 170 Å². The van der Waals surface area contributed by atoms with E-state index in [0.29, 0.717) is 0 Å². The minimum Gasteiger partial charge on any atom is -0.456 e. The first kappa shape index (κ1) is 25.9. The number of para-hydroxylation sites is 1. The number of fused-ring (bicyclic) bond motifs is 12. The maximum absolute atomic E-state index is 6.71. The van der Waals surface area contributed by atoms with Crippen molar-refractivity contribution in [1.82, 2.24) is 0 Å². The number of rotatable bonds is 2. The smallest absolute Gasteiger partial charge is 0.136 e. The molecule has 0 N–H and O–H groups in total. The third kappa shape index (κ3) is 3.16. The predicted octanol–water partition coefficient (Wildman–Crippen LogP) is 12.3. The van der Waals surface area contributed by atoms with Crippen LogP contribution in [0.5, 0.6) is 11.5 Å². The highest BCUT2D eigenvalue weighted by Gasteiger charge is 2.52. The van der Waals surface area contributed by atoms with Gasteiger partial charge in [-0.2, -0.15) is 0 Å². The summed E-state index contributed by atoms with van der Waals surface area (Å²) >= 11 is 0. The van der Waals surface area contributed by atoms with Crippen molar-refractivity contribution in [3.8, 4) is 67.1 Å². The minimum absolute atomic E-state index is 0.392. The lowest BCUT2D eigenvalue weighted by molar-refractivity contribution is 0.487. The van der Waals surface area contributed by atoms with Crippen LogP contribution in [0.3, 0.4) is 0 Å². The van der Waals surface area contributed by atoms with Crippen LogP contribution in [0.25, 0.3) is 66.4 Å². The minimum atomic E-state index is -0.392. The molecule has 8 aromatic rings. The molecule has 1 nitrogen and oxygen atoms in total. The molecule has 0 radical (unpaired) electrons. The molecule has 1 heteroatoms. The van der Waals surface area contributed by atoms with Gasteiger partial charge in [0.1, 0.15) is 11.5 Å². The molecule has 2 aliphatic carbocycles. The Hall–Kier alpha value is -6.18. The van der Waals surface area contributed by atoms with E-state index in [1.54, 1.807) is 0 Å². The molecule has 0 aromatic heterocycles. The molecule has 0 saturated heterocycles. The summed E-state index contributed by atoms with van der Waals surface area (Å²) in [5.74, 6) is 1.81. The number of hydrogen-bond donors (Lipinski definition) is 0. The van der Waals surface area contributed by atoms with Gasteiger partial charge in [0, 0.05) is 10.9 Å². The molecular weight excluding hydrogens is 581 g/mol. The van der Waals surface area contributed by atoms with E-state index in [-0.39, 0.29) is 0 Å². The topological polar surface area (TPSA) is 9.23 Å². The van der Waals surface area contributed by atoms with Gasteiger partial charge in [-0.05, 0) is 89.8 Å². The monoisotopic (exact) mass is 608 g/mol. The van der Waals surface area contributed by atoms with Gasteiger partial charge in [0.05, 0.1) is 5.41 Å². The summed E-state index contributed by atoms with van der Waals surface area (Å²) in [6.07, 6.45) is 0. The molecule has 3 aliphatic rings. The van der Waals surface area contributed by atoms with Crippen LogP contribution in [0.1, 0.15) is 22.3 Å². The van der Waals surface area contributed by atoms with Crippen LogP contribution in [0.15, 0.2) is 170 Å². The van der Waals surface area contributed by atoms with Crippen LogP contribution in [-0.2, 0) is 5.41 Å². The van der Waals surface area contributed by atoms with E-state index in [1.807, 2.05) is 0 Å². The van der Waals surface area contributed by atoms with Gasteiger partial charge in [0.15, 0.2) is 0 Å². The Morgan fingerprint density at radius 3 is 1.62 bits per heavy atom. The molecule has 11 rings (SSSR count). The maximum atomic E-state index is 6.71. The summed E-state index contributed by atoms with van der Waals surface area (Å²) in [5.41, 5.74) is 17.5. The van der Waals surface area contributed by atoms with Crippen LogP contribution >= 0.6 is 0 Å². The molecule has 0 unspecified atom stereocenters. The zero-order chi connectivity index (χ0) is 31.4. The number of hydrogen-bond acceptors (Lipinski definition) is 1. The van der Waals surface area contributed by atoms with Gasteiger partial charge in [-0.1, -0.05) is 158 Å². The zero-order valence-electron chi connectivity index (χ0n) is 26.1. The fourth-order valence-electron chi connectivity index (χ4n) is 9.14. The molecule has 1 heterocycles. The van der Waals surface area contributed by atoms with E-state index >= 15 is 0 Å². The van der Waals surface area contributed by atoms with E-state index in [4.69, 9.17) is 4.74 Å². The van der Waals surface area contributed by atoms with Crippen molar-refractivity contribution < 1.29 is 4.74 Å². The molecule has 0 fully saturated rings. The van der Waals surface area contributed by atoms with Crippen molar-refractivity contribution in [2.24, 2.45) is 0 Å². The van der Waals surface area contributed by atoms with E-state index < -0.39 is 5.41 Å². The molecule has 0 amide bonds. The van der Waals surface area contributed by atoms with Gasteiger partial charge in [0.25, 0.3) is 0 Å². The van der Waals surface area contributed by atoms with Gasteiger partial charge in [-0.15, -0.1) is 0 Å². The van der Waals surface area contributed by atoms with E-state index in [1.165, 1.54) is 83.1 Å². The van der Waals surface area contributed by atoms with E-state index in [9.17, 15) is 0 Å². The number of benzene rings is 8. The van der Waals surface area contributed by atoms with E-state index in [0.717, 1.165) is 17.1 Å². The second kappa shape index (κ2) is 9.44. The Bertz CT molecular complexity index is 2600. The summed E-state index contributed by atoms with van der Waals surface area (Å²) in [6, 6.07) is 62.4. The number of ether oxygens (including phenoxy) is 1. The fourth-order valence-corrected chi connectivity index (χ4v) is 9.14. The lowest BCUT2D eigenvalue weighted by atomic mass is 9.70. The van der Waals surface area contributed by atoms with Gasteiger partial charge >= 0.3 is 0 Å². The molecule has 0 atom stereocenters. The van der Waals surface area contributed by atoms with Crippen molar-refractivity contribution >= 4 is 10.8 Å². The summed E-state index contributed by atoms with van der Waals surface area (Å²) < 4.78 is 6.71. The third-order valence-electron chi connectivity index (χ3n) is 10.9. The molecule has 8 aromatic carbocycles. The van der Waals surface area contributed by atoms with Gasteiger partial charge in [-0.3, -0.25) is 0 Å². The molecule has 1 spiro atoms. The largest absolute Gasteiger partial charge is 0.456 e. The highest BCUT2D eigenvalue weighted by molar-refractivity contribution is 6.16. The Morgan fingerprint density at radius 2 is 0.875 bits per heavy atom. The lowest BCUT2D eigenvalue weighted by Crippen LogP contribution is -2.25. The Balaban J connectivity index is 1.30. The third-order valence-corrected chi connectivity index (χ3v) is 10.9. The summed E-state index contributed by atoms with van der Waals surface area (Å²) in [5, 5.41) is 2.37. The Kier molecular flexibility index (Phi) is 5.10. The van der Waals surface area contributed by atoms with Crippen molar-refractivity contribution in [2.45, 2.75) is 5.41 Å². The van der Waals surface area contributed by atoms with Crippen molar-refractivity contribution in [1.29, 1.82) is 0 Å². The summed E-state index contributed by atoms with van der Waals surface area (Å²) in [4.78, 5) is 0. The standard InChI is InChI=1S/C47H28O/c1-2-14-29(15-3-1)37-28-43-46-33(32-18-7-11-27-42(32)48-43)20-12-21-36(46)44(37)35-22-13-26-41-45(35)34-19-6-10-25-40(34)47(41)38-23-8-4-16-30(38)31-17-5-9-24-39(31)47/h1-28H. The van der Waals surface area contributed by atoms with Gasteiger partial charge < -0.3 is 4.74 Å². The van der Waals surface area contributed by atoms with Crippen molar-refractivity contribution in [3.05, 3.63) is 192 Å². The average Bonchev–Trinajstić information content (AvgIpc) is 3.63. The van der Waals surface area contributed by atoms with Crippen LogP contribution in [0.4, 0.5) is 0 Å². The zero-order valence-corrected chi connectivity index (χ0v) is 26.1. The fraction of sp³-hybridized carbons (Fsp3) is 0.0213. The van der Waals surface area contributed by atoms with Gasteiger partial charge in [-0.25, -0.2) is 0 Å². The molecular formula is C47H28O. The quantitative estimate of drug-likeness (QED) is 0.190. The summed E-state index contributed by atoms with van der Waals surface area (Å²) in [6.45, 7) is 0. The normalized spacial score (nSPS) is 13.8. The molecule has 1 aliphatic heterocycles. The SMILES string of the molecule is c1ccc(-c2cc3c4c(cccc4c2-c2cccc4c2-c2ccccc2C42c4ccccc4-c4ccccc42)-c2ccccc2O3)cc1. The molecule has 222 valence electrons. The Labute approximate surface area is 279 Å². The molecule has 0 bridgehead atoms. The molecule has 0 saturated carbocycles. The predicted molar refractivity (Wildman–Crippen MR) is 197 cm³/mol. The maximum Gasteiger partial charge on any atom is 0.136 e. The lowest BCUT2D eigenvalue weighted by Gasteiger charge is -2.30. The Morgan fingerprint density at radius 1 is 0.333 bits per heavy atom. The second-order valence-electron chi connectivity index (χ2n) is 13.1. The van der Waals surface area contributed by atoms with Crippen LogP contribution in [0, 0.1) is 0 Å².